The van der Waals surface area contributed by atoms with Crippen molar-refractivity contribution in [2.75, 3.05) is 23.7 Å². The number of rotatable bonds is 6. The summed E-state index contributed by atoms with van der Waals surface area (Å²) >= 11 is 0. The van der Waals surface area contributed by atoms with Gasteiger partial charge in [0.25, 0.3) is 0 Å². The maximum atomic E-state index is 11.6. The summed E-state index contributed by atoms with van der Waals surface area (Å²) in [5.41, 5.74) is 0. The number of aromatic nitrogens is 2. The molecule has 1 aromatic rings. The van der Waals surface area contributed by atoms with Crippen LogP contribution in [0.1, 0.15) is 26.6 Å². The Kier molecular flexibility index (Phi) is 5.35. The number of anilines is 2. The molecule has 0 aliphatic heterocycles. The van der Waals surface area contributed by atoms with Gasteiger partial charge in [0.2, 0.25) is 5.91 Å². The Morgan fingerprint density at radius 1 is 1.28 bits per heavy atom. The van der Waals surface area contributed by atoms with Crippen LogP contribution in [0.25, 0.3) is 0 Å². The molecule has 0 saturated carbocycles. The van der Waals surface area contributed by atoms with Gasteiger partial charge in [-0.2, -0.15) is 0 Å². The molecule has 1 rings (SSSR count). The van der Waals surface area contributed by atoms with Crippen molar-refractivity contribution in [3.63, 3.8) is 0 Å². The molecule has 0 bridgehead atoms. The smallest absolute Gasteiger partial charge is 0.242 e. The Labute approximate surface area is 108 Å². The third-order valence-corrected chi connectivity index (χ3v) is 2.30. The van der Waals surface area contributed by atoms with Crippen molar-refractivity contribution in [3.8, 4) is 0 Å². The zero-order chi connectivity index (χ0) is 13.5. The van der Waals surface area contributed by atoms with Crippen LogP contribution < -0.4 is 16.0 Å². The van der Waals surface area contributed by atoms with Crippen LogP contribution >= 0.6 is 0 Å². The number of nitrogens with zero attached hydrogens (tertiary/aromatic N) is 2. The van der Waals surface area contributed by atoms with E-state index in [0.717, 1.165) is 12.4 Å². The van der Waals surface area contributed by atoms with Crippen LogP contribution in [-0.2, 0) is 4.79 Å². The van der Waals surface area contributed by atoms with Gasteiger partial charge in [-0.15, -0.1) is 0 Å². The summed E-state index contributed by atoms with van der Waals surface area (Å²) in [6.45, 7) is 8.93. The zero-order valence-corrected chi connectivity index (χ0v) is 11.4. The van der Waals surface area contributed by atoms with Crippen LogP contribution in [0.5, 0.6) is 0 Å². The first-order valence-corrected chi connectivity index (χ1v) is 6.20. The van der Waals surface area contributed by atoms with Crippen LogP contribution in [0.3, 0.4) is 0 Å². The molecule has 0 aliphatic rings. The quantitative estimate of drug-likeness (QED) is 0.707. The van der Waals surface area contributed by atoms with Crippen molar-refractivity contribution in [1.82, 2.24) is 15.3 Å². The highest BCUT2D eigenvalue weighted by Crippen LogP contribution is 2.11. The fraction of sp³-hybridized carbons (Fsp3) is 0.583. The van der Waals surface area contributed by atoms with Crippen molar-refractivity contribution < 1.29 is 4.79 Å². The van der Waals surface area contributed by atoms with Gasteiger partial charge in [-0.1, -0.05) is 0 Å². The number of carbonyl (C=O) groups excluding carboxylic acids is 1. The Morgan fingerprint density at radius 3 is 2.56 bits per heavy atom. The highest BCUT2D eigenvalue weighted by Gasteiger charge is 2.12. The fourth-order valence-electron chi connectivity index (χ4n) is 1.53. The SMILES string of the molecule is CCNC(=O)C(C)Nc1cc(NCC)nc(C)n1. The van der Waals surface area contributed by atoms with Gasteiger partial charge in [-0.3, -0.25) is 4.79 Å². The summed E-state index contributed by atoms with van der Waals surface area (Å²) in [6, 6.07) is 1.47. The monoisotopic (exact) mass is 251 g/mol. The number of hydrogen-bond donors (Lipinski definition) is 3. The third-order valence-electron chi connectivity index (χ3n) is 2.30. The second-order valence-corrected chi connectivity index (χ2v) is 3.98. The first kappa shape index (κ1) is 14.2. The molecule has 0 fully saturated rings. The molecule has 18 heavy (non-hydrogen) atoms. The van der Waals surface area contributed by atoms with Crippen molar-refractivity contribution in [3.05, 3.63) is 11.9 Å². The second kappa shape index (κ2) is 6.78. The van der Waals surface area contributed by atoms with E-state index in [-0.39, 0.29) is 11.9 Å². The number of hydrogen-bond acceptors (Lipinski definition) is 5. The van der Waals surface area contributed by atoms with Crippen LogP contribution in [0.4, 0.5) is 11.6 Å². The van der Waals surface area contributed by atoms with Gasteiger partial charge in [-0.25, -0.2) is 9.97 Å². The predicted octanol–water partition coefficient (Wildman–Crippen LogP) is 1.15. The minimum absolute atomic E-state index is 0.0428. The Bertz CT molecular complexity index is 407. The standard InChI is InChI=1S/C12H21N5O/c1-5-13-10-7-11(17-9(4)16-10)15-8(3)12(18)14-6-2/h7-8H,5-6H2,1-4H3,(H,14,18)(H2,13,15,16,17). The zero-order valence-electron chi connectivity index (χ0n) is 11.4. The molecule has 6 nitrogen and oxygen atoms in total. The van der Waals surface area contributed by atoms with Crippen LogP contribution in [-0.4, -0.2) is 35.0 Å². The largest absolute Gasteiger partial charge is 0.370 e. The molecule has 1 heterocycles. The van der Waals surface area contributed by atoms with Gasteiger partial charge in [0.1, 0.15) is 23.5 Å². The number of carbonyl (C=O) groups is 1. The van der Waals surface area contributed by atoms with E-state index in [9.17, 15) is 4.79 Å². The molecule has 1 aromatic heterocycles. The van der Waals surface area contributed by atoms with Crippen molar-refractivity contribution in [1.29, 1.82) is 0 Å². The van der Waals surface area contributed by atoms with E-state index in [0.29, 0.717) is 18.2 Å². The number of likely N-dealkylation sites (N-methyl/N-ethyl adjacent to an activating group) is 1. The lowest BCUT2D eigenvalue weighted by molar-refractivity contribution is -0.121. The first-order valence-electron chi connectivity index (χ1n) is 6.20. The van der Waals surface area contributed by atoms with E-state index in [1.165, 1.54) is 0 Å². The summed E-state index contributed by atoms with van der Waals surface area (Å²) in [5, 5.41) is 8.95. The second-order valence-electron chi connectivity index (χ2n) is 3.98. The Balaban J connectivity index is 2.74. The van der Waals surface area contributed by atoms with E-state index in [2.05, 4.69) is 25.9 Å². The Hall–Kier alpha value is -1.85. The summed E-state index contributed by atoms with van der Waals surface area (Å²) < 4.78 is 0. The van der Waals surface area contributed by atoms with E-state index in [1.54, 1.807) is 13.0 Å². The third kappa shape index (κ3) is 4.20. The fourth-order valence-corrected chi connectivity index (χ4v) is 1.53. The molecule has 1 atom stereocenters. The summed E-state index contributed by atoms with van der Waals surface area (Å²) in [5.74, 6) is 2.03. The predicted molar refractivity (Wildman–Crippen MR) is 72.7 cm³/mol. The molecule has 0 aromatic carbocycles. The minimum atomic E-state index is -0.325. The molecule has 1 amide bonds. The van der Waals surface area contributed by atoms with Crippen LogP contribution in [0.15, 0.2) is 6.07 Å². The molecule has 0 radical (unpaired) electrons. The lowest BCUT2D eigenvalue weighted by atomic mass is 10.3. The van der Waals surface area contributed by atoms with Crippen molar-refractivity contribution in [2.45, 2.75) is 33.7 Å². The average Bonchev–Trinajstić information content (AvgIpc) is 2.28. The number of amides is 1. The van der Waals surface area contributed by atoms with E-state index >= 15 is 0 Å². The van der Waals surface area contributed by atoms with E-state index < -0.39 is 0 Å². The maximum absolute atomic E-state index is 11.6. The molecule has 0 aliphatic carbocycles. The van der Waals surface area contributed by atoms with Crippen molar-refractivity contribution >= 4 is 17.5 Å². The Morgan fingerprint density at radius 2 is 1.94 bits per heavy atom. The van der Waals surface area contributed by atoms with Crippen LogP contribution in [0.2, 0.25) is 0 Å². The lowest BCUT2D eigenvalue weighted by Crippen LogP contribution is -2.37. The van der Waals surface area contributed by atoms with Gasteiger partial charge >= 0.3 is 0 Å². The summed E-state index contributed by atoms with van der Waals surface area (Å²) in [7, 11) is 0. The summed E-state index contributed by atoms with van der Waals surface area (Å²) in [6.07, 6.45) is 0. The molecule has 0 saturated heterocycles. The molecule has 0 spiro atoms. The summed E-state index contributed by atoms with van der Waals surface area (Å²) in [4.78, 5) is 20.1. The highest BCUT2D eigenvalue weighted by molar-refractivity contribution is 5.83. The van der Waals surface area contributed by atoms with Crippen LogP contribution in [0, 0.1) is 6.92 Å². The maximum Gasteiger partial charge on any atom is 0.242 e. The van der Waals surface area contributed by atoms with Gasteiger partial charge in [0.15, 0.2) is 0 Å². The van der Waals surface area contributed by atoms with Gasteiger partial charge in [0, 0.05) is 19.2 Å². The first-order chi connectivity index (χ1) is 8.56. The molecular formula is C12H21N5O. The van der Waals surface area contributed by atoms with E-state index in [1.807, 2.05) is 20.8 Å². The normalized spacial score (nSPS) is 11.8. The topological polar surface area (TPSA) is 78.9 Å². The van der Waals surface area contributed by atoms with Crippen molar-refractivity contribution in [2.24, 2.45) is 0 Å². The number of aryl methyl sites for hydroxylation is 1. The molecule has 1 unspecified atom stereocenters. The molecule has 3 N–H and O–H groups in total. The molecular weight excluding hydrogens is 230 g/mol. The lowest BCUT2D eigenvalue weighted by Gasteiger charge is -2.15. The van der Waals surface area contributed by atoms with E-state index in [4.69, 9.17) is 0 Å². The molecule has 100 valence electrons. The molecule has 6 heteroatoms. The minimum Gasteiger partial charge on any atom is -0.370 e. The average molecular weight is 251 g/mol. The highest BCUT2D eigenvalue weighted by atomic mass is 16.2. The number of nitrogens with one attached hydrogen (secondary N) is 3. The van der Waals surface area contributed by atoms with Gasteiger partial charge in [0.05, 0.1) is 0 Å². The van der Waals surface area contributed by atoms with Gasteiger partial charge in [-0.05, 0) is 27.7 Å². The van der Waals surface area contributed by atoms with Gasteiger partial charge < -0.3 is 16.0 Å².